The van der Waals surface area contributed by atoms with Gasteiger partial charge in [0, 0.05) is 22.3 Å². The van der Waals surface area contributed by atoms with Crippen LogP contribution in [-0.2, 0) is 25.7 Å². The Hall–Kier alpha value is -2.48. The lowest BCUT2D eigenvalue weighted by Crippen LogP contribution is -2.05. The van der Waals surface area contributed by atoms with Crippen LogP contribution in [0.1, 0.15) is 146 Å². The quantitative estimate of drug-likeness (QED) is 0.145. The Morgan fingerprint density at radius 3 is 1.51 bits per heavy atom. The first kappa shape index (κ1) is 31.1. The molecule has 39 heavy (non-hydrogen) atoms. The summed E-state index contributed by atoms with van der Waals surface area (Å²) < 4.78 is 1.55. The first-order chi connectivity index (χ1) is 19.0. The average Bonchev–Trinajstić information content (AvgIpc) is 3.20. The third-order valence-corrected chi connectivity index (χ3v) is 8.40. The van der Waals surface area contributed by atoms with Crippen molar-refractivity contribution in [1.29, 1.82) is 0 Å². The molecule has 1 aliphatic heterocycles. The molecular weight excluding hydrogens is 472 g/mol. The van der Waals surface area contributed by atoms with Gasteiger partial charge in [-0.05, 0) is 105 Å². The van der Waals surface area contributed by atoms with Gasteiger partial charge in [-0.2, -0.15) is 0 Å². The second kappa shape index (κ2) is 15.9. The molecule has 2 nitrogen and oxygen atoms in total. The highest BCUT2D eigenvalue weighted by molar-refractivity contribution is 5.82. The molecule has 2 aromatic rings. The van der Waals surface area contributed by atoms with Gasteiger partial charge in [0.1, 0.15) is 0 Å². The van der Waals surface area contributed by atoms with E-state index in [0.29, 0.717) is 0 Å². The van der Waals surface area contributed by atoms with E-state index in [1.54, 1.807) is 4.70 Å². The third-order valence-electron chi connectivity index (χ3n) is 8.40. The number of hydrogen-bond donors (Lipinski definition) is 0. The molecule has 1 aliphatic rings. The Balaban J connectivity index is 2.07. The van der Waals surface area contributed by atoms with Crippen LogP contribution in [0.3, 0.4) is 0 Å². The molecule has 2 heteroatoms. The lowest BCUT2D eigenvalue weighted by molar-refractivity contribution is -0.345. The number of allylic oxidation sites excluding steroid dienone is 2. The van der Waals surface area contributed by atoms with E-state index in [-0.39, 0.29) is 0 Å². The Morgan fingerprint density at radius 1 is 0.513 bits per heavy atom. The minimum atomic E-state index is 0.977. The van der Waals surface area contributed by atoms with E-state index in [1.807, 2.05) is 0 Å². The molecule has 0 spiro atoms. The summed E-state index contributed by atoms with van der Waals surface area (Å²) in [6.45, 7) is 13.5. The summed E-state index contributed by atoms with van der Waals surface area (Å²) in [5.41, 5.74) is 24.4. The van der Waals surface area contributed by atoms with Crippen molar-refractivity contribution in [3.8, 4) is 0 Å². The predicted octanol–water partition coefficient (Wildman–Crippen LogP) is 11.4. The van der Waals surface area contributed by atoms with Crippen LogP contribution in [0.15, 0.2) is 47.5 Å². The van der Waals surface area contributed by atoms with Crippen molar-refractivity contribution >= 4 is 11.4 Å². The maximum absolute atomic E-state index is 11.9. The molecule has 0 unspecified atom stereocenters. The van der Waals surface area contributed by atoms with Crippen molar-refractivity contribution in [2.45, 2.75) is 138 Å². The molecule has 0 saturated heterocycles. The summed E-state index contributed by atoms with van der Waals surface area (Å²) in [4.78, 5) is 0. The molecule has 1 heterocycles. The number of nitrogens with zero attached hydrogens (tertiary/aromatic N) is 2. The van der Waals surface area contributed by atoms with Crippen molar-refractivity contribution in [3.05, 3.63) is 86.5 Å². The van der Waals surface area contributed by atoms with Gasteiger partial charge in [-0.3, -0.25) is 0 Å². The Bertz CT molecular complexity index is 1120. The molecule has 0 saturated carbocycles. The van der Waals surface area contributed by atoms with Gasteiger partial charge in [0.25, 0.3) is 0 Å². The highest BCUT2D eigenvalue weighted by atomic mass is 15.2. The number of aryl methyl sites for hydroxylation is 4. The van der Waals surface area contributed by atoms with E-state index in [1.165, 1.54) is 103 Å². The fourth-order valence-electron chi connectivity index (χ4n) is 6.00. The molecule has 0 amide bonds. The molecule has 0 fully saturated rings. The maximum Gasteiger partial charge on any atom is 0.211 e. The molecule has 0 radical (unpaired) electrons. The van der Waals surface area contributed by atoms with Gasteiger partial charge >= 0.3 is 0 Å². The van der Waals surface area contributed by atoms with Gasteiger partial charge in [0.2, 0.25) is 11.4 Å². The zero-order valence-electron chi connectivity index (χ0n) is 26.0. The molecular formula is C37H54N2. The van der Waals surface area contributed by atoms with Crippen LogP contribution in [-0.4, -0.2) is 4.70 Å². The largest absolute Gasteiger partial charge is 0.493 e. The molecule has 2 aromatic carbocycles. The molecule has 0 N–H and O–H groups in total. The van der Waals surface area contributed by atoms with Crippen molar-refractivity contribution < 1.29 is 4.70 Å². The van der Waals surface area contributed by atoms with Crippen LogP contribution >= 0.6 is 0 Å². The van der Waals surface area contributed by atoms with Crippen LogP contribution in [0.25, 0.3) is 16.9 Å². The fraction of sp³-hybridized carbons (Fsp3) is 0.568. The van der Waals surface area contributed by atoms with Crippen molar-refractivity contribution in [3.63, 3.8) is 0 Å². The van der Waals surface area contributed by atoms with Crippen molar-refractivity contribution in [1.82, 2.24) is 0 Å². The highest BCUT2D eigenvalue weighted by Crippen LogP contribution is 2.43. The van der Waals surface area contributed by atoms with Gasteiger partial charge in [-0.15, -0.1) is 0 Å². The van der Waals surface area contributed by atoms with Gasteiger partial charge in [-0.1, -0.05) is 91.7 Å². The summed E-state index contributed by atoms with van der Waals surface area (Å²) >= 11 is 0. The van der Waals surface area contributed by atoms with Gasteiger partial charge in [0.05, 0.1) is 0 Å². The summed E-state index contributed by atoms with van der Waals surface area (Å²) in [5.74, 6) is 0. The van der Waals surface area contributed by atoms with Crippen LogP contribution in [0.5, 0.6) is 0 Å². The smallest absolute Gasteiger partial charge is 0.211 e. The molecule has 0 atom stereocenters. The topological polar surface area (TPSA) is 25.3 Å². The zero-order chi connectivity index (χ0) is 28.2. The van der Waals surface area contributed by atoms with E-state index < -0.39 is 0 Å². The highest BCUT2D eigenvalue weighted by Gasteiger charge is 2.34. The van der Waals surface area contributed by atoms with Gasteiger partial charge in [-0.25, -0.2) is 4.70 Å². The Kier molecular flexibility index (Phi) is 12.7. The fourth-order valence-corrected chi connectivity index (χ4v) is 6.00. The second-order valence-corrected chi connectivity index (χ2v) is 11.6. The predicted molar refractivity (Wildman–Crippen MR) is 170 cm³/mol. The summed E-state index contributed by atoms with van der Waals surface area (Å²) in [6.07, 6.45) is 17.7. The number of hydrogen-bond acceptors (Lipinski definition) is 0. The van der Waals surface area contributed by atoms with E-state index in [0.717, 1.165) is 49.1 Å². The van der Waals surface area contributed by atoms with Crippen LogP contribution < -0.4 is 0 Å². The number of rotatable bonds is 17. The normalized spacial score (nSPS) is 13.7. The summed E-state index contributed by atoms with van der Waals surface area (Å²) in [7, 11) is 0. The minimum Gasteiger partial charge on any atom is -0.493 e. The first-order valence-electron chi connectivity index (χ1n) is 16.2. The SMILES string of the molecule is CCCCCCCCC1=C(c2cc(CCCC)cc(CCCC)c2)[N+](=[N-])C(c2cc(CC)cc(CC)c2)=C1C. The monoisotopic (exact) mass is 526 g/mol. The Morgan fingerprint density at radius 2 is 0.974 bits per heavy atom. The molecule has 0 bridgehead atoms. The third kappa shape index (κ3) is 8.26. The number of unbranched alkanes of at least 4 members (excludes halogenated alkanes) is 7. The first-order valence-corrected chi connectivity index (χ1v) is 16.2. The lowest BCUT2D eigenvalue weighted by atomic mass is 9.92. The maximum atomic E-state index is 11.9. The van der Waals surface area contributed by atoms with Crippen LogP contribution in [0, 0.1) is 0 Å². The van der Waals surface area contributed by atoms with E-state index in [4.69, 9.17) is 0 Å². The molecule has 0 aliphatic carbocycles. The van der Waals surface area contributed by atoms with Crippen LogP contribution in [0.4, 0.5) is 0 Å². The van der Waals surface area contributed by atoms with Crippen LogP contribution in [0.2, 0.25) is 0 Å². The molecule has 3 rings (SSSR count). The lowest BCUT2D eigenvalue weighted by Gasteiger charge is -2.14. The standard InChI is InChI=1S/C37H54N2/c1-7-12-15-16-17-18-21-35-28(6)36(33-24-29(10-4)22-30(11-5)25-33)39(38)37(35)34-26-31(19-13-8-2)23-32(27-34)20-14-9-3/h22-27H,7-21H2,1-6H3. The van der Waals surface area contributed by atoms with Crippen molar-refractivity contribution in [2.75, 3.05) is 0 Å². The molecule has 212 valence electrons. The van der Waals surface area contributed by atoms with Gasteiger partial charge < -0.3 is 5.53 Å². The van der Waals surface area contributed by atoms with Crippen molar-refractivity contribution in [2.24, 2.45) is 0 Å². The Labute approximate surface area is 240 Å². The second-order valence-electron chi connectivity index (χ2n) is 11.6. The summed E-state index contributed by atoms with van der Waals surface area (Å²) in [6, 6.07) is 14.0. The average molecular weight is 527 g/mol. The van der Waals surface area contributed by atoms with E-state index in [9.17, 15) is 5.53 Å². The van der Waals surface area contributed by atoms with E-state index in [2.05, 4.69) is 77.9 Å². The minimum absolute atomic E-state index is 0.977. The number of benzene rings is 2. The zero-order valence-corrected chi connectivity index (χ0v) is 26.0. The van der Waals surface area contributed by atoms with Gasteiger partial charge in [0.15, 0.2) is 0 Å². The van der Waals surface area contributed by atoms with E-state index >= 15 is 0 Å². The summed E-state index contributed by atoms with van der Waals surface area (Å²) in [5, 5.41) is 0. The molecule has 0 aromatic heterocycles.